The third kappa shape index (κ3) is 3.27. The maximum Gasteiger partial charge on any atom is 0.165 e. The van der Waals surface area contributed by atoms with E-state index in [0.29, 0.717) is 12.5 Å². The molecule has 0 aliphatic carbocycles. The number of phenolic OH excluding ortho intramolecular Hbond substituents is 1. The number of thiazole rings is 1. The van der Waals surface area contributed by atoms with Crippen molar-refractivity contribution in [2.45, 2.75) is 19.4 Å². The summed E-state index contributed by atoms with van der Waals surface area (Å²) in [7, 11) is 0. The van der Waals surface area contributed by atoms with Crippen LogP contribution in [0.1, 0.15) is 23.4 Å². The number of aromatic hydroxyl groups is 1. The minimum absolute atomic E-state index is 0.310. The highest BCUT2D eigenvalue weighted by Crippen LogP contribution is 2.18. The largest absolute Gasteiger partial charge is 0.505 e. The smallest absolute Gasteiger partial charge is 0.165 e. The van der Waals surface area contributed by atoms with Crippen molar-refractivity contribution in [3.05, 3.63) is 46.2 Å². The molecule has 0 radical (unpaired) electrons. The summed E-state index contributed by atoms with van der Waals surface area (Å²) in [6, 6.07) is 4.42. The molecule has 2 N–H and O–H groups in total. The first-order valence-electron chi connectivity index (χ1n) is 5.74. The van der Waals surface area contributed by atoms with Gasteiger partial charge >= 0.3 is 0 Å². The van der Waals surface area contributed by atoms with Crippen LogP contribution in [0.5, 0.6) is 5.75 Å². The van der Waals surface area contributed by atoms with Crippen LogP contribution in [0, 0.1) is 5.82 Å². The van der Waals surface area contributed by atoms with Gasteiger partial charge in [0.15, 0.2) is 11.6 Å². The number of phenols is 1. The maximum absolute atomic E-state index is 13.1. The normalized spacial score (nSPS) is 12.6. The predicted molar refractivity (Wildman–Crippen MR) is 70.3 cm³/mol. The summed E-state index contributed by atoms with van der Waals surface area (Å²) in [6.45, 7) is 3.46. The van der Waals surface area contributed by atoms with E-state index in [1.54, 1.807) is 23.6 Å². The number of nitrogens with one attached hydrogen (secondary N) is 1. The Bertz CT molecular complexity index is 502. The van der Waals surface area contributed by atoms with Crippen LogP contribution < -0.4 is 5.32 Å². The molecule has 0 amide bonds. The molecule has 96 valence electrons. The molecule has 2 aromatic rings. The van der Waals surface area contributed by atoms with Crippen LogP contribution in [0.3, 0.4) is 0 Å². The molecule has 0 saturated carbocycles. The monoisotopic (exact) mass is 266 g/mol. The number of benzene rings is 1. The molecule has 1 heterocycles. The average Bonchev–Trinajstić information content (AvgIpc) is 2.87. The maximum atomic E-state index is 13.1. The van der Waals surface area contributed by atoms with Crippen LogP contribution in [-0.4, -0.2) is 16.6 Å². The first-order chi connectivity index (χ1) is 8.66. The first-order valence-corrected chi connectivity index (χ1v) is 6.62. The van der Waals surface area contributed by atoms with Gasteiger partial charge in [0.2, 0.25) is 0 Å². The predicted octanol–water partition coefficient (Wildman–Crippen LogP) is 2.88. The van der Waals surface area contributed by atoms with Gasteiger partial charge in [-0.1, -0.05) is 13.0 Å². The molecular formula is C13H15FN2OS. The van der Waals surface area contributed by atoms with Gasteiger partial charge in [0, 0.05) is 30.6 Å². The molecule has 3 nitrogen and oxygen atoms in total. The number of hydrogen-bond acceptors (Lipinski definition) is 4. The van der Waals surface area contributed by atoms with Crippen LogP contribution in [0.2, 0.25) is 0 Å². The third-order valence-corrected chi connectivity index (χ3v) is 3.67. The quantitative estimate of drug-likeness (QED) is 0.874. The van der Waals surface area contributed by atoms with Gasteiger partial charge < -0.3 is 10.4 Å². The zero-order valence-electron chi connectivity index (χ0n) is 10.1. The van der Waals surface area contributed by atoms with Gasteiger partial charge in [-0.05, 0) is 17.7 Å². The summed E-state index contributed by atoms with van der Waals surface area (Å²) in [4.78, 5) is 4.25. The van der Waals surface area contributed by atoms with Crippen molar-refractivity contribution in [2.75, 3.05) is 6.54 Å². The fraction of sp³-hybridized carbons (Fsp3) is 0.308. The Morgan fingerprint density at radius 3 is 3.00 bits per heavy atom. The van der Waals surface area contributed by atoms with E-state index in [9.17, 15) is 4.39 Å². The molecule has 5 heteroatoms. The Labute approximate surface area is 109 Å². The fourth-order valence-electron chi connectivity index (χ4n) is 1.66. The standard InChI is InChI=1S/C13H15FN2OS/c1-9(13-16-4-5-18-13)7-15-8-10-2-3-12(17)11(14)6-10/h2-6,9,15,17H,7-8H2,1H3. The van der Waals surface area contributed by atoms with Crippen molar-refractivity contribution in [3.8, 4) is 5.75 Å². The van der Waals surface area contributed by atoms with E-state index in [1.807, 2.05) is 5.38 Å². The van der Waals surface area contributed by atoms with Crippen molar-refractivity contribution in [2.24, 2.45) is 0 Å². The fourth-order valence-corrected chi connectivity index (χ4v) is 2.36. The number of halogens is 1. The molecule has 0 aliphatic heterocycles. The van der Waals surface area contributed by atoms with Gasteiger partial charge in [-0.2, -0.15) is 0 Å². The van der Waals surface area contributed by atoms with Crippen molar-refractivity contribution >= 4 is 11.3 Å². The van der Waals surface area contributed by atoms with Crippen molar-refractivity contribution < 1.29 is 9.50 Å². The molecule has 0 saturated heterocycles. The Morgan fingerprint density at radius 2 is 2.33 bits per heavy atom. The van der Waals surface area contributed by atoms with Gasteiger partial charge in [0.05, 0.1) is 5.01 Å². The summed E-state index contributed by atoms with van der Waals surface area (Å²) in [5.74, 6) is -0.552. The topological polar surface area (TPSA) is 45.1 Å². The lowest BCUT2D eigenvalue weighted by Gasteiger charge is -2.10. The Kier molecular flexibility index (Phi) is 4.28. The summed E-state index contributed by atoms with van der Waals surface area (Å²) >= 11 is 1.64. The first kappa shape index (κ1) is 13.0. The number of aromatic nitrogens is 1. The Hall–Kier alpha value is -1.46. The van der Waals surface area contributed by atoms with Gasteiger partial charge in [0.1, 0.15) is 0 Å². The van der Waals surface area contributed by atoms with Crippen LogP contribution in [0.25, 0.3) is 0 Å². The van der Waals surface area contributed by atoms with Crippen LogP contribution in [-0.2, 0) is 6.54 Å². The molecule has 0 fully saturated rings. The molecule has 1 unspecified atom stereocenters. The number of hydrogen-bond donors (Lipinski definition) is 2. The zero-order chi connectivity index (χ0) is 13.0. The molecular weight excluding hydrogens is 251 g/mol. The van der Waals surface area contributed by atoms with Crippen molar-refractivity contribution in [1.29, 1.82) is 0 Å². The minimum Gasteiger partial charge on any atom is -0.505 e. The third-order valence-electron chi connectivity index (χ3n) is 2.66. The molecule has 0 bridgehead atoms. The second-order valence-corrected chi connectivity index (χ2v) is 5.11. The molecule has 2 rings (SSSR count). The zero-order valence-corrected chi connectivity index (χ0v) is 10.9. The van der Waals surface area contributed by atoms with E-state index in [0.717, 1.165) is 17.1 Å². The van der Waals surface area contributed by atoms with Gasteiger partial charge in [-0.25, -0.2) is 9.37 Å². The minimum atomic E-state index is -0.581. The number of rotatable bonds is 5. The lowest BCUT2D eigenvalue weighted by Crippen LogP contribution is -2.19. The summed E-state index contributed by atoms with van der Waals surface area (Å²) in [6.07, 6.45) is 1.80. The van der Waals surface area contributed by atoms with Gasteiger partial charge in [0.25, 0.3) is 0 Å². The lowest BCUT2D eigenvalue weighted by atomic mass is 10.1. The molecule has 0 aliphatic rings. The average molecular weight is 266 g/mol. The SMILES string of the molecule is CC(CNCc1ccc(O)c(F)c1)c1nccs1. The van der Waals surface area contributed by atoms with Crippen LogP contribution in [0.15, 0.2) is 29.8 Å². The van der Waals surface area contributed by atoms with Crippen molar-refractivity contribution in [3.63, 3.8) is 0 Å². The Morgan fingerprint density at radius 1 is 1.50 bits per heavy atom. The van der Waals surface area contributed by atoms with Gasteiger partial charge in [-0.15, -0.1) is 11.3 Å². The van der Waals surface area contributed by atoms with E-state index >= 15 is 0 Å². The van der Waals surface area contributed by atoms with E-state index in [1.165, 1.54) is 12.1 Å². The number of nitrogens with zero attached hydrogens (tertiary/aromatic N) is 1. The summed E-state index contributed by atoms with van der Waals surface area (Å²) < 4.78 is 13.1. The van der Waals surface area contributed by atoms with E-state index in [2.05, 4.69) is 17.2 Å². The summed E-state index contributed by atoms with van der Waals surface area (Å²) in [5.41, 5.74) is 0.816. The molecule has 0 spiro atoms. The summed E-state index contributed by atoms with van der Waals surface area (Å²) in [5, 5.41) is 15.4. The van der Waals surface area contributed by atoms with Crippen LogP contribution in [0.4, 0.5) is 4.39 Å². The molecule has 18 heavy (non-hydrogen) atoms. The van der Waals surface area contributed by atoms with Gasteiger partial charge in [-0.3, -0.25) is 0 Å². The highest BCUT2D eigenvalue weighted by molar-refractivity contribution is 7.09. The van der Waals surface area contributed by atoms with E-state index in [4.69, 9.17) is 5.11 Å². The molecule has 1 atom stereocenters. The second kappa shape index (κ2) is 5.93. The Balaban J connectivity index is 1.83. The lowest BCUT2D eigenvalue weighted by molar-refractivity contribution is 0.431. The van der Waals surface area contributed by atoms with E-state index in [-0.39, 0.29) is 5.75 Å². The second-order valence-electron chi connectivity index (χ2n) is 4.19. The van der Waals surface area contributed by atoms with Crippen molar-refractivity contribution in [1.82, 2.24) is 10.3 Å². The van der Waals surface area contributed by atoms with E-state index < -0.39 is 5.82 Å². The molecule has 1 aromatic heterocycles. The molecule has 1 aromatic carbocycles. The highest BCUT2D eigenvalue weighted by Gasteiger charge is 2.07. The highest BCUT2D eigenvalue weighted by atomic mass is 32.1. The van der Waals surface area contributed by atoms with Crippen LogP contribution >= 0.6 is 11.3 Å².